The Labute approximate surface area is 212 Å². The Bertz CT molecular complexity index is 1700. The van der Waals surface area contributed by atoms with Crippen LogP contribution >= 0.6 is 0 Å². The van der Waals surface area contributed by atoms with Crippen molar-refractivity contribution in [1.82, 2.24) is 15.0 Å². The van der Waals surface area contributed by atoms with Crippen LogP contribution in [0.3, 0.4) is 0 Å². The molecule has 1 unspecified atom stereocenters. The molecule has 0 amide bonds. The lowest BCUT2D eigenvalue weighted by atomic mass is 10.0. The summed E-state index contributed by atoms with van der Waals surface area (Å²) in [4.78, 5) is 28.5. The van der Waals surface area contributed by atoms with Crippen LogP contribution in [-0.4, -0.2) is 28.9 Å². The molecule has 0 saturated carbocycles. The van der Waals surface area contributed by atoms with Crippen molar-refractivity contribution in [2.75, 3.05) is 18.8 Å². The van der Waals surface area contributed by atoms with Crippen molar-refractivity contribution in [2.45, 2.75) is 12.6 Å². The lowest BCUT2D eigenvalue weighted by Gasteiger charge is -2.25. The maximum absolute atomic E-state index is 13.5. The average Bonchev–Trinajstić information content (AvgIpc) is 3.58. The molecule has 2 aliphatic rings. The number of nitrogens with one attached hydrogen (secondary N) is 1. The van der Waals surface area contributed by atoms with Crippen LogP contribution in [0.2, 0.25) is 0 Å². The minimum atomic E-state index is -0.298. The number of hydrogen-bond donors (Lipinski definition) is 1. The summed E-state index contributed by atoms with van der Waals surface area (Å²) in [6, 6.07) is 20.9. The highest BCUT2D eigenvalue weighted by Crippen LogP contribution is 2.42. The maximum atomic E-state index is 13.5. The first-order valence-electron chi connectivity index (χ1n) is 12.0. The zero-order chi connectivity index (χ0) is 24.9. The summed E-state index contributed by atoms with van der Waals surface area (Å²) in [5, 5.41) is 0.670. The van der Waals surface area contributed by atoms with Crippen molar-refractivity contribution in [3.63, 3.8) is 0 Å². The number of H-pyrrole nitrogens is 1. The molecule has 0 saturated heterocycles. The minimum absolute atomic E-state index is 0.0208. The third-order valence-electron chi connectivity index (χ3n) is 6.98. The van der Waals surface area contributed by atoms with Crippen molar-refractivity contribution >= 4 is 16.9 Å². The second-order valence-corrected chi connectivity index (χ2v) is 9.04. The summed E-state index contributed by atoms with van der Waals surface area (Å²) in [6.07, 6.45) is 3.62. The van der Waals surface area contributed by atoms with E-state index >= 15 is 0 Å². The lowest BCUT2D eigenvalue weighted by molar-refractivity contribution is 0.174. The molecule has 37 heavy (non-hydrogen) atoms. The predicted octanol–water partition coefficient (Wildman–Crippen LogP) is 4.83. The highest BCUT2D eigenvalue weighted by Gasteiger charge is 2.37. The van der Waals surface area contributed by atoms with Gasteiger partial charge in [-0.2, -0.15) is 0 Å². The van der Waals surface area contributed by atoms with Gasteiger partial charge in [0.2, 0.25) is 12.7 Å². The van der Waals surface area contributed by atoms with E-state index in [0.717, 1.165) is 33.7 Å². The van der Waals surface area contributed by atoms with Crippen LogP contribution < -0.4 is 24.5 Å². The first-order valence-corrected chi connectivity index (χ1v) is 12.0. The van der Waals surface area contributed by atoms with Gasteiger partial charge in [-0.3, -0.25) is 4.79 Å². The van der Waals surface area contributed by atoms with Crippen LogP contribution in [0.5, 0.6) is 17.2 Å². The third kappa shape index (κ3) is 3.48. The van der Waals surface area contributed by atoms with Crippen LogP contribution in [-0.2, 0) is 6.54 Å². The van der Waals surface area contributed by atoms with Crippen LogP contribution in [0.25, 0.3) is 22.0 Å². The van der Waals surface area contributed by atoms with E-state index in [9.17, 15) is 4.79 Å². The highest BCUT2D eigenvalue weighted by molar-refractivity contribution is 5.80. The molecule has 5 aromatic rings. The predicted molar refractivity (Wildman–Crippen MR) is 139 cm³/mol. The third-order valence-corrected chi connectivity index (χ3v) is 6.98. The number of pyridine rings is 1. The number of anilines is 1. The molecule has 8 nitrogen and oxygen atoms in total. The van der Waals surface area contributed by atoms with Crippen molar-refractivity contribution < 1.29 is 14.2 Å². The Morgan fingerprint density at radius 2 is 1.73 bits per heavy atom. The summed E-state index contributed by atoms with van der Waals surface area (Å²) < 4.78 is 16.4. The maximum Gasteiger partial charge on any atom is 0.231 e. The first-order chi connectivity index (χ1) is 18.2. The Balaban J connectivity index is 1.33. The molecule has 2 aromatic heterocycles. The monoisotopic (exact) mass is 490 g/mol. The van der Waals surface area contributed by atoms with Crippen LogP contribution in [0.15, 0.2) is 83.9 Å². The summed E-state index contributed by atoms with van der Waals surface area (Å²) in [5.74, 6) is 2.72. The Hall–Kier alpha value is -4.85. The van der Waals surface area contributed by atoms with Gasteiger partial charge in [0.1, 0.15) is 5.75 Å². The molecule has 1 atom stereocenters. The number of aromatic nitrogens is 3. The van der Waals surface area contributed by atoms with Gasteiger partial charge in [-0.1, -0.05) is 30.3 Å². The quantitative estimate of drug-likeness (QED) is 0.386. The van der Waals surface area contributed by atoms with E-state index < -0.39 is 0 Å². The van der Waals surface area contributed by atoms with Gasteiger partial charge < -0.3 is 24.1 Å². The molecule has 0 bridgehead atoms. The smallest absolute Gasteiger partial charge is 0.231 e. The van der Waals surface area contributed by atoms with Crippen LogP contribution in [0.1, 0.15) is 22.9 Å². The number of methoxy groups -OCH3 is 1. The normalized spacial score (nSPS) is 15.7. The van der Waals surface area contributed by atoms with Gasteiger partial charge in [-0.05, 0) is 47.5 Å². The van der Waals surface area contributed by atoms with Gasteiger partial charge in [-0.15, -0.1) is 0 Å². The topological polar surface area (TPSA) is 89.6 Å². The van der Waals surface area contributed by atoms with E-state index in [1.165, 1.54) is 0 Å². The molecule has 3 aromatic carbocycles. The van der Waals surface area contributed by atoms with Gasteiger partial charge in [0, 0.05) is 34.4 Å². The fourth-order valence-electron chi connectivity index (χ4n) is 5.12. The summed E-state index contributed by atoms with van der Waals surface area (Å²) >= 11 is 0. The van der Waals surface area contributed by atoms with Crippen molar-refractivity contribution in [3.8, 4) is 28.4 Å². The largest absolute Gasteiger partial charge is 0.497 e. The Morgan fingerprint density at radius 1 is 0.946 bits per heavy atom. The van der Waals surface area contributed by atoms with E-state index in [0.29, 0.717) is 34.9 Å². The van der Waals surface area contributed by atoms with Crippen LogP contribution in [0.4, 0.5) is 5.95 Å². The minimum Gasteiger partial charge on any atom is -0.497 e. The number of aromatic amines is 1. The number of para-hydroxylation sites is 1. The fraction of sp³-hybridized carbons (Fsp3) is 0.138. The number of ether oxygens (including phenoxy) is 3. The van der Waals surface area contributed by atoms with Crippen molar-refractivity contribution in [3.05, 3.63) is 106 Å². The number of fused-ring (bicyclic) bond motifs is 3. The zero-order valence-electron chi connectivity index (χ0n) is 20.0. The molecular weight excluding hydrogens is 468 g/mol. The summed E-state index contributed by atoms with van der Waals surface area (Å²) in [7, 11) is 1.64. The Morgan fingerprint density at radius 3 is 2.54 bits per heavy atom. The number of rotatable bonds is 4. The number of nitrogens with zero attached hydrogens (tertiary/aromatic N) is 3. The fourth-order valence-corrected chi connectivity index (χ4v) is 5.12. The lowest BCUT2D eigenvalue weighted by Crippen LogP contribution is -2.25. The van der Waals surface area contributed by atoms with Crippen molar-refractivity contribution in [2.24, 2.45) is 0 Å². The molecule has 2 aliphatic heterocycles. The molecule has 0 spiro atoms. The van der Waals surface area contributed by atoms with Gasteiger partial charge in [0.25, 0.3) is 0 Å². The SMILES string of the molecule is COc1ccc(-c2cnc(N3Cc4c([nH]c5ccccc5c4=O)C3c3ccc4c(c3)OCO4)nc2)cc1. The molecule has 8 heteroatoms. The second-order valence-electron chi connectivity index (χ2n) is 9.04. The molecule has 1 N–H and O–H groups in total. The molecule has 7 rings (SSSR count). The standard InChI is InChI=1S/C29H22N4O4/c1-35-20-9-6-17(7-10-20)19-13-30-29(31-14-19)33-15-22-26(32-23-5-3-2-4-21(23)28(22)34)27(33)18-8-11-24-25(12-18)37-16-36-24/h2-14,27H,15-16H2,1H3,(H,32,34). The summed E-state index contributed by atoms with van der Waals surface area (Å²) in [6.45, 7) is 0.581. The van der Waals surface area contributed by atoms with Crippen LogP contribution in [0, 0.1) is 0 Å². The molecular formula is C29H22N4O4. The van der Waals surface area contributed by atoms with Gasteiger partial charge in [-0.25, -0.2) is 9.97 Å². The van der Waals surface area contributed by atoms with Gasteiger partial charge in [0.05, 0.1) is 25.4 Å². The number of benzene rings is 3. The zero-order valence-corrected chi connectivity index (χ0v) is 20.0. The van der Waals surface area contributed by atoms with E-state index in [1.54, 1.807) is 7.11 Å². The summed E-state index contributed by atoms with van der Waals surface area (Å²) in [5.41, 5.74) is 5.21. The van der Waals surface area contributed by atoms with E-state index in [2.05, 4.69) is 9.88 Å². The Kier molecular flexibility index (Phi) is 4.85. The van der Waals surface area contributed by atoms with E-state index in [1.807, 2.05) is 79.1 Å². The first kappa shape index (κ1) is 21.4. The molecule has 0 fully saturated rings. The molecule has 4 heterocycles. The number of hydrogen-bond acceptors (Lipinski definition) is 7. The van der Waals surface area contributed by atoms with E-state index in [-0.39, 0.29) is 18.3 Å². The highest BCUT2D eigenvalue weighted by atomic mass is 16.7. The molecule has 182 valence electrons. The second kappa shape index (κ2) is 8.37. The van der Waals surface area contributed by atoms with E-state index in [4.69, 9.17) is 24.2 Å². The average molecular weight is 491 g/mol. The van der Waals surface area contributed by atoms with Gasteiger partial charge >= 0.3 is 0 Å². The molecule has 0 aliphatic carbocycles. The van der Waals surface area contributed by atoms with Gasteiger partial charge in [0.15, 0.2) is 16.9 Å². The molecule has 0 radical (unpaired) electrons. The van der Waals surface area contributed by atoms with Crippen molar-refractivity contribution in [1.29, 1.82) is 0 Å².